The van der Waals surface area contributed by atoms with Crippen LogP contribution >= 0.6 is 0 Å². The van der Waals surface area contributed by atoms with Crippen LogP contribution in [-0.2, 0) is 17.8 Å². The molecule has 1 aliphatic rings. The van der Waals surface area contributed by atoms with E-state index in [-0.39, 0.29) is 0 Å². The lowest BCUT2D eigenvalue weighted by atomic mass is 10.2. The molecule has 0 radical (unpaired) electrons. The normalized spacial score (nSPS) is 14.6. The highest BCUT2D eigenvalue weighted by Gasteiger charge is 2.17. The van der Waals surface area contributed by atoms with Gasteiger partial charge >= 0.3 is 0 Å². The number of ether oxygens (including phenoxy) is 1. The summed E-state index contributed by atoms with van der Waals surface area (Å²) in [4.78, 5) is 0. The van der Waals surface area contributed by atoms with E-state index in [0.717, 1.165) is 24.5 Å². The molecule has 0 amide bonds. The zero-order valence-electron chi connectivity index (χ0n) is 6.48. The van der Waals surface area contributed by atoms with E-state index in [1.807, 2.05) is 0 Å². The molecule has 1 aromatic heterocycles. The van der Waals surface area contributed by atoms with Crippen molar-refractivity contribution in [3.8, 4) is 0 Å². The predicted octanol–water partition coefficient (Wildman–Crippen LogP) is 0.524. The SMILES string of the molecule is COCc1[nH]nc2c1CCN2. The molecule has 1 aliphatic heterocycles. The van der Waals surface area contributed by atoms with Crippen LogP contribution in [0, 0.1) is 0 Å². The first-order chi connectivity index (χ1) is 5.42. The number of hydrogen-bond donors (Lipinski definition) is 2. The van der Waals surface area contributed by atoms with Crippen LogP contribution in [0.25, 0.3) is 0 Å². The van der Waals surface area contributed by atoms with E-state index < -0.39 is 0 Å². The molecular weight excluding hydrogens is 142 g/mol. The number of methoxy groups -OCH3 is 1. The van der Waals surface area contributed by atoms with Crippen LogP contribution < -0.4 is 5.32 Å². The van der Waals surface area contributed by atoms with E-state index in [1.54, 1.807) is 7.11 Å². The topological polar surface area (TPSA) is 49.9 Å². The Morgan fingerprint density at radius 1 is 1.64 bits per heavy atom. The van der Waals surface area contributed by atoms with Crippen LogP contribution in [0.5, 0.6) is 0 Å². The Bertz CT molecular complexity index is 256. The molecule has 2 heterocycles. The third-order valence-corrected chi connectivity index (χ3v) is 1.91. The van der Waals surface area contributed by atoms with E-state index in [4.69, 9.17) is 4.74 Å². The summed E-state index contributed by atoms with van der Waals surface area (Å²) < 4.78 is 5.01. The molecule has 1 aromatic rings. The Labute approximate surface area is 64.9 Å². The molecule has 0 atom stereocenters. The fourth-order valence-electron chi connectivity index (χ4n) is 1.39. The largest absolute Gasteiger partial charge is 0.378 e. The number of aromatic nitrogens is 2. The highest BCUT2D eigenvalue weighted by molar-refractivity contribution is 5.50. The number of nitrogens with one attached hydrogen (secondary N) is 2. The van der Waals surface area contributed by atoms with Gasteiger partial charge in [-0.1, -0.05) is 0 Å². The minimum absolute atomic E-state index is 0.629. The van der Waals surface area contributed by atoms with Crippen molar-refractivity contribution < 1.29 is 4.74 Å². The molecule has 60 valence electrons. The Kier molecular flexibility index (Phi) is 1.54. The van der Waals surface area contributed by atoms with Crippen molar-refractivity contribution >= 4 is 5.82 Å². The minimum Gasteiger partial charge on any atom is -0.378 e. The van der Waals surface area contributed by atoms with Crippen molar-refractivity contribution in [3.05, 3.63) is 11.3 Å². The second-order valence-electron chi connectivity index (χ2n) is 2.64. The molecule has 4 nitrogen and oxygen atoms in total. The standard InChI is InChI=1S/C7H11N3O/c1-11-4-6-5-2-3-8-7(5)10-9-6/h2-4H2,1H3,(H2,8,9,10). The fraction of sp³-hybridized carbons (Fsp3) is 0.571. The quantitative estimate of drug-likeness (QED) is 0.651. The van der Waals surface area contributed by atoms with Crippen LogP contribution in [0.1, 0.15) is 11.3 Å². The first kappa shape index (κ1) is 6.67. The fourth-order valence-corrected chi connectivity index (χ4v) is 1.39. The maximum absolute atomic E-state index is 5.01. The van der Waals surface area contributed by atoms with Gasteiger partial charge in [0, 0.05) is 19.2 Å². The molecule has 0 aromatic carbocycles. The number of nitrogens with zero attached hydrogens (tertiary/aromatic N) is 1. The van der Waals surface area contributed by atoms with Gasteiger partial charge in [-0.15, -0.1) is 0 Å². The second kappa shape index (κ2) is 2.54. The number of hydrogen-bond acceptors (Lipinski definition) is 3. The van der Waals surface area contributed by atoms with E-state index >= 15 is 0 Å². The van der Waals surface area contributed by atoms with Gasteiger partial charge in [-0.2, -0.15) is 5.10 Å². The third-order valence-electron chi connectivity index (χ3n) is 1.91. The zero-order chi connectivity index (χ0) is 7.68. The van der Waals surface area contributed by atoms with Crippen molar-refractivity contribution in [1.82, 2.24) is 10.2 Å². The van der Waals surface area contributed by atoms with Crippen LogP contribution in [-0.4, -0.2) is 23.9 Å². The zero-order valence-corrected chi connectivity index (χ0v) is 6.48. The van der Waals surface area contributed by atoms with Crippen molar-refractivity contribution in [1.29, 1.82) is 0 Å². The number of fused-ring (bicyclic) bond motifs is 1. The summed E-state index contributed by atoms with van der Waals surface area (Å²) in [7, 11) is 1.69. The van der Waals surface area contributed by atoms with Gasteiger partial charge in [0.25, 0.3) is 0 Å². The number of aromatic amines is 1. The molecule has 0 aliphatic carbocycles. The van der Waals surface area contributed by atoms with Gasteiger partial charge in [0.1, 0.15) is 0 Å². The molecule has 0 spiro atoms. The number of rotatable bonds is 2. The number of anilines is 1. The Balaban J connectivity index is 2.27. The highest BCUT2D eigenvalue weighted by Crippen LogP contribution is 2.22. The molecule has 0 saturated heterocycles. The highest BCUT2D eigenvalue weighted by atomic mass is 16.5. The van der Waals surface area contributed by atoms with Crippen molar-refractivity contribution in [2.75, 3.05) is 19.0 Å². The smallest absolute Gasteiger partial charge is 0.151 e. The molecule has 4 heteroatoms. The van der Waals surface area contributed by atoms with Crippen LogP contribution in [0.3, 0.4) is 0 Å². The summed E-state index contributed by atoms with van der Waals surface area (Å²) in [6.07, 6.45) is 1.06. The molecule has 2 N–H and O–H groups in total. The van der Waals surface area contributed by atoms with E-state index in [9.17, 15) is 0 Å². The van der Waals surface area contributed by atoms with Gasteiger partial charge in [0.05, 0.1) is 12.3 Å². The first-order valence-electron chi connectivity index (χ1n) is 3.70. The van der Waals surface area contributed by atoms with Gasteiger partial charge < -0.3 is 10.1 Å². The van der Waals surface area contributed by atoms with Crippen LogP contribution in [0.4, 0.5) is 5.82 Å². The van der Waals surface area contributed by atoms with E-state index in [2.05, 4.69) is 15.5 Å². The summed E-state index contributed by atoms with van der Waals surface area (Å²) in [5.74, 6) is 0.997. The third kappa shape index (κ3) is 0.991. The second-order valence-corrected chi connectivity index (χ2v) is 2.64. The van der Waals surface area contributed by atoms with E-state index in [0.29, 0.717) is 6.61 Å². The molecule has 0 saturated carbocycles. The lowest BCUT2D eigenvalue weighted by Gasteiger charge is -1.95. The molecule has 11 heavy (non-hydrogen) atoms. The van der Waals surface area contributed by atoms with E-state index in [1.165, 1.54) is 5.56 Å². The summed E-state index contributed by atoms with van der Waals surface area (Å²) >= 11 is 0. The summed E-state index contributed by atoms with van der Waals surface area (Å²) in [5, 5.41) is 10.2. The Hall–Kier alpha value is -1.03. The van der Waals surface area contributed by atoms with Crippen LogP contribution in [0.15, 0.2) is 0 Å². The Morgan fingerprint density at radius 3 is 3.36 bits per heavy atom. The van der Waals surface area contributed by atoms with Crippen molar-refractivity contribution in [2.24, 2.45) is 0 Å². The number of H-pyrrole nitrogens is 1. The molecule has 2 rings (SSSR count). The van der Waals surface area contributed by atoms with Crippen molar-refractivity contribution in [2.45, 2.75) is 13.0 Å². The van der Waals surface area contributed by atoms with Gasteiger partial charge in [0.2, 0.25) is 0 Å². The predicted molar refractivity (Wildman–Crippen MR) is 41.5 cm³/mol. The summed E-state index contributed by atoms with van der Waals surface area (Å²) in [6, 6.07) is 0. The first-order valence-corrected chi connectivity index (χ1v) is 3.70. The van der Waals surface area contributed by atoms with Gasteiger partial charge in [-0.05, 0) is 6.42 Å². The maximum atomic E-state index is 5.01. The average molecular weight is 153 g/mol. The van der Waals surface area contributed by atoms with Gasteiger partial charge in [0.15, 0.2) is 5.82 Å². The minimum atomic E-state index is 0.629. The lowest BCUT2D eigenvalue weighted by Crippen LogP contribution is -1.96. The Morgan fingerprint density at radius 2 is 2.55 bits per heavy atom. The van der Waals surface area contributed by atoms with Gasteiger partial charge in [-0.25, -0.2) is 0 Å². The van der Waals surface area contributed by atoms with Crippen molar-refractivity contribution in [3.63, 3.8) is 0 Å². The monoisotopic (exact) mass is 153 g/mol. The molecular formula is C7H11N3O. The van der Waals surface area contributed by atoms with Crippen LogP contribution in [0.2, 0.25) is 0 Å². The lowest BCUT2D eigenvalue weighted by molar-refractivity contribution is 0.180. The molecule has 0 bridgehead atoms. The van der Waals surface area contributed by atoms with Gasteiger partial charge in [-0.3, -0.25) is 5.10 Å². The maximum Gasteiger partial charge on any atom is 0.151 e. The summed E-state index contributed by atoms with van der Waals surface area (Å²) in [6.45, 7) is 1.63. The molecule has 0 fully saturated rings. The summed E-state index contributed by atoms with van der Waals surface area (Å²) in [5.41, 5.74) is 2.39. The molecule has 0 unspecified atom stereocenters. The average Bonchev–Trinajstić information content (AvgIpc) is 2.53.